The number of morpholine rings is 1. The van der Waals surface area contributed by atoms with E-state index >= 15 is 0 Å². The van der Waals surface area contributed by atoms with Crippen molar-refractivity contribution < 1.29 is 13.9 Å². The molecule has 5 heteroatoms. The number of rotatable bonds is 4. The molecular formula is C13H18BrNO3. The highest BCUT2D eigenvalue weighted by atomic mass is 79.9. The molecular weight excluding hydrogens is 298 g/mol. The Balaban J connectivity index is 1.86. The molecule has 2 heterocycles. The minimum absolute atomic E-state index is 0.105. The standard InChI is InChI=1S/C13H18BrNO3/c1-10-9-18-12(7-14)8-15(10)13(16)5-4-11-3-2-6-17-11/h2-3,6,10,12H,4-5,7-9H2,1H3. The fourth-order valence-electron chi connectivity index (χ4n) is 2.09. The van der Waals surface area contributed by atoms with Crippen LogP contribution in [0.25, 0.3) is 0 Å². The van der Waals surface area contributed by atoms with Gasteiger partial charge in [0.15, 0.2) is 0 Å². The average Bonchev–Trinajstić information content (AvgIpc) is 2.89. The molecule has 1 amide bonds. The smallest absolute Gasteiger partial charge is 0.223 e. The van der Waals surface area contributed by atoms with Crippen molar-refractivity contribution in [3.63, 3.8) is 0 Å². The summed E-state index contributed by atoms with van der Waals surface area (Å²) in [5.41, 5.74) is 0. The van der Waals surface area contributed by atoms with Gasteiger partial charge in [-0.1, -0.05) is 15.9 Å². The van der Waals surface area contributed by atoms with Crippen LogP contribution in [0.2, 0.25) is 0 Å². The number of carbonyl (C=O) groups excluding carboxylic acids is 1. The van der Waals surface area contributed by atoms with E-state index in [-0.39, 0.29) is 18.1 Å². The van der Waals surface area contributed by atoms with Crippen LogP contribution in [-0.2, 0) is 16.0 Å². The van der Waals surface area contributed by atoms with Gasteiger partial charge in [-0.2, -0.15) is 0 Å². The number of amides is 1. The molecule has 2 unspecified atom stereocenters. The van der Waals surface area contributed by atoms with E-state index in [9.17, 15) is 4.79 Å². The molecule has 0 N–H and O–H groups in total. The molecule has 1 saturated heterocycles. The van der Waals surface area contributed by atoms with Crippen LogP contribution in [0.5, 0.6) is 0 Å². The first-order valence-electron chi connectivity index (χ1n) is 6.20. The first-order chi connectivity index (χ1) is 8.70. The molecule has 0 saturated carbocycles. The Bertz CT molecular complexity index is 380. The van der Waals surface area contributed by atoms with Gasteiger partial charge in [0.05, 0.1) is 25.0 Å². The molecule has 4 nitrogen and oxygen atoms in total. The highest BCUT2D eigenvalue weighted by Crippen LogP contribution is 2.15. The molecule has 1 aliphatic rings. The summed E-state index contributed by atoms with van der Waals surface area (Å²) in [4.78, 5) is 14.1. The molecule has 0 spiro atoms. The third-order valence-electron chi connectivity index (χ3n) is 3.16. The number of ether oxygens (including phenoxy) is 1. The van der Waals surface area contributed by atoms with Crippen LogP contribution < -0.4 is 0 Å². The van der Waals surface area contributed by atoms with Gasteiger partial charge in [-0.25, -0.2) is 0 Å². The molecule has 0 aromatic carbocycles. The maximum atomic E-state index is 12.2. The van der Waals surface area contributed by atoms with Gasteiger partial charge < -0.3 is 14.1 Å². The van der Waals surface area contributed by atoms with Crippen LogP contribution in [0.15, 0.2) is 22.8 Å². The number of furan rings is 1. The average molecular weight is 316 g/mol. The van der Waals surface area contributed by atoms with E-state index < -0.39 is 0 Å². The fourth-order valence-corrected chi connectivity index (χ4v) is 2.48. The van der Waals surface area contributed by atoms with Gasteiger partial charge in [0.2, 0.25) is 5.91 Å². The zero-order valence-corrected chi connectivity index (χ0v) is 12.1. The second kappa shape index (κ2) is 6.38. The molecule has 2 atom stereocenters. The Morgan fingerprint density at radius 3 is 3.11 bits per heavy atom. The summed E-state index contributed by atoms with van der Waals surface area (Å²) < 4.78 is 10.8. The molecule has 1 fully saturated rings. The minimum Gasteiger partial charge on any atom is -0.469 e. The van der Waals surface area contributed by atoms with Gasteiger partial charge in [0.1, 0.15) is 5.76 Å². The summed E-state index contributed by atoms with van der Waals surface area (Å²) in [5, 5.41) is 0.766. The number of aryl methyl sites for hydroxylation is 1. The Labute approximate surface area is 115 Å². The molecule has 1 aliphatic heterocycles. The van der Waals surface area contributed by atoms with E-state index in [0.29, 0.717) is 26.0 Å². The van der Waals surface area contributed by atoms with Crippen molar-refractivity contribution in [3.8, 4) is 0 Å². The lowest BCUT2D eigenvalue weighted by molar-refractivity contribution is -0.142. The number of hydrogen-bond acceptors (Lipinski definition) is 3. The first-order valence-corrected chi connectivity index (χ1v) is 7.32. The monoisotopic (exact) mass is 315 g/mol. The quantitative estimate of drug-likeness (QED) is 0.800. The summed E-state index contributed by atoms with van der Waals surface area (Å²) in [6.07, 6.45) is 2.90. The predicted octanol–water partition coefficient (Wildman–Crippen LogP) is 2.22. The van der Waals surface area contributed by atoms with Crippen LogP contribution in [0, 0.1) is 0 Å². The van der Waals surface area contributed by atoms with Gasteiger partial charge in [-0.15, -0.1) is 0 Å². The van der Waals surface area contributed by atoms with E-state index in [4.69, 9.17) is 9.15 Å². The SMILES string of the molecule is CC1COC(CBr)CN1C(=O)CCc1ccco1. The normalized spacial score (nSPS) is 24.2. The minimum atomic E-state index is 0.105. The van der Waals surface area contributed by atoms with E-state index in [1.54, 1.807) is 6.26 Å². The van der Waals surface area contributed by atoms with Crippen LogP contribution in [0.4, 0.5) is 0 Å². The van der Waals surface area contributed by atoms with Gasteiger partial charge >= 0.3 is 0 Å². The highest BCUT2D eigenvalue weighted by Gasteiger charge is 2.28. The van der Waals surface area contributed by atoms with Gasteiger partial charge in [0.25, 0.3) is 0 Å². The van der Waals surface area contributed by atoms with E-state index in [1.165, 1.54) is 0 Å². The lowest BCUT2D eigenvalue weighted by Gasteiger charge is -2.37. The van der Waals surface area contributed by atoms with Gasteiger partial charge in [-0.3, -0.25) is 4.79 Å². The highest BCUT2D eigenvalue weighted by molar-refractivity contribution is 9.09. The Morgan fingerprint density at radius 1 is 1.61 bits per heavy atom. The van der Waals surface area contributed by atoms with E-state index in [2.05, 4.69) is 15.9 Å². The summed E-state index contributed by atoms with van der Waals surface area (Å²) in [6.45, 7) is 3.31. The second-order valence-electron chi connectivity index (χ2n) is 4.58. The summed E-state index contributed by atoms with van der Waals surface area (Å²) in [7, 11) is 0. The molecule has 18 heavy (non-hydrogen) atoms. The van der Waals surface area contributed by atoms with Crippen molar-refractivity contribution in [1.29, 1.82) is 0 Å². The van der Waals surface area contributed by atoms with E-state index in [0.717, 1.165) is 11.1 Å². The maximum Gasteiger partial charge on any atom is 0.223 e. The topological polar surface area (TPSA) is 42.7 Å². The Kier molecular flexibility index (Phi) is 4.83. The van der Waals surface area contributed by atoms with Crippen molar-refractivity contribution in [2.45, 2.75) is 31.9 Å². The van der Waals surface area contributed by atoms with Crippen LogP contribution in [0.3, 0.4) is 0 Å². The van der Waals surface area contributed by atoms with Crippen LogP contribution >= 0.6 is 15.9 Å². The number of hydrogen-bond donors (Lipinski definition) is 0. The van der Waals surface area contributed by atoms with Crippen molar-refractivity contribution in [2.24, 2.45) is 0 Å². The molecule has 100 valence electrons. The maximum absolute atomic E-state index is 12.2. The largest absolute Gasteiger partial charge is 0.469 e. The van der Waals surface area contributed by atoms with Crippen molar-refractivity contribution in [1.82, 2.24) is 4.90 Å². The number of alkyl halides is 1. The molecule has 2 rings (SSSR count). The number of nitrogens with zero attached hydrogens (tertiary/aromatic N) is 1. The zero-order chi connectivity index (χ0) is 13.0. The summed E-state index contributed by atoms with van der Waals surface area (Å²) in [6, 6.07) is 3.90. The van der Waals surface area contributed by atoms with Crippen LogP contribution in [0.1, 0.15) is 19.1 Å². The molecule has 0 aliphatic carbocycles. The lowest BCUT2D eigenvalue weighted by Crippen LogP contribution is -2.51. The third kappa shape index (κ3) is 3.36. The Hall–Kier alpha value is -0.810. The zero-order valence-electron chi connectivity index (χ0n) is 10.5. The van der Waals surface area contributed by atoms with Crippen molar-refractivity contribution >= 4 is 21.8 Å². The Morgan fingerprint density at radius 2 is 2.44 bits per heavy atom. The predicted molar refractivity (Wildman–Crippen MR) is 71.7 cm³/mol. The molecule has 0 radical (unpaired) electrons. The molecule has 1 aromatic rings. The third-order valence-corrected chi connectivity index (χ3v) is 3.89. The van der Waals surface area contributed by atoms with Crippen molar-refractivity contribution in [2.75, 3.05) is 18.5 Å². The van der Waals surface area contributed by atoms with E-state index in [1.807, 2.05) is 24.0 Å². The second-order valence-corrected chi connectivity index (χ2v) is 5.23. The lowest BCUT2D eigenvalue weighted by atomic mass is 10.1. The van der Waals surface area contributed by atoms with Gasteiger partial charge in [-0.05, 0) is 19.1 Å². The van der Waals surface area contributed by atoms with Crippen LogP contribution in [-0.4, -0.2) is 41.4 Å². The summed E-state index contributed by atoms with van der Waals surface area (Å²) >= 11 is 3.40. The number of halogens is 1. The fraction of sp³-hybridized carbons (Fsp3) is 0.615. The summed E-state index contributed by atoms with van der Waals surface area (Å²) in [5.74, 6) is 1.04. The number of carbonyl (C=O) groups is 1. The molecule has 0 bridgehead atoms. The molecule has 1 aromatic heterocycles. The van der Waals surface area contributed by atoms with Crippen molar-refractivity contribution in [3.05, 3.63) is 24.2 Å². The first kappa shape index (κ1) is 13.6. The van der Waals surface area contributed by atoms with Gasteiger partial charge in [0, 0.05) is 24.7 Å².